The smallest absolute Gasteiger partial charge is 0.184 e. The van der Waals surface area contributed by atoms with Gasteiger partial charge < -0.3 is 19.4 Å². The molecular weight excluding hydrogens is 396 g/mol. The predicted octanol–water partition coefficient (Wildman–Crippen LogP) is 5.46. The van der Waals surface area contributed by atoms with Crippen LogP contribution in [0.1, 0.15) is 37.7 Å². The first kappa shape index (κ1) is 19.2. The Hall–Kier alpha value is -2.80. The van der Waals surface area contributed by atoms with Gasteiger partial charge in [-0.05, 0) is 30.5 Å². The van der Waals surface area contributed by atoms with Crippen LogP contribution in [0.15, 0.2) is 36.7 Å². The van der Waals surface area contributed by atoms with E-state index in [0.717, 1.165) is 28.2 Å². The maximum Gasteiger partial charge on any atom is 0.184 e. The van der Waals surface area contributed by atoms with E-state index in [1.807, 2.05) is 18.5 Å². The summed E-state index contributed by atoms with van der Waals surface area (Å²) in [4.78, 5) is 9.33. The summed E-state index contributed by atoms with van der Waals surface area (Å²) in [5, 5.41) is 4.69. The number of fused-ring (bicyclic) bond motifs is 2. The normalized spacial score (nSPS) is 15.0. The van der Waals surface area contributed by atoms with Crippen LogP contribution in [-0.4, -0.2) is 34.8 Å². The van der Waals surface area contributed by atoms with Crippen LogP contribution in [0, 0.1) is 0 Å². The van der Waals surface area contributed by atoms with E-state index in [1.54, 1.807) is 25.6 Å². The number of imidazole rings is 1. The fourth-order valence-corrected chi connectivity index (χ4v) is 5.26. The van der Waals surface area contributed by atoms with Gasteiger partial charge in [-0.2, -0.15) is 0 Å². The summed E-state index contributed by atoms with van der Waals surface area (Å²) in [5.74, 6) is 1.41. The second-order valence-electron chi connectivity index (χ2n) is 7.87. The van der Waals surface area contributed by atoms with Gasteiger partial charge in [0.15, 0.2) is 16.6 Å². The Labute approximate surface area is 179 Å². The third kappa shape index (κ3) is 3.69. The molecule has 0 amide bonds. The summed E-state index contributed by atoms with van der Waals surface area (Å²) in [6.07, 6.45) is 8.39. The van der Waals surface area contributed by atoms with E-state index in [-0.39, 0.29) is 0 Å². The van der Waals surface area contributed by atoms with Crippen molar-refractivity contribution in [2.45, 2.75) is 44.7 Å². The molecule has 6 nitrogen and oxygen atoms in total. The number of methoxy groups -OCH3 is 2. The van der Waals surface area contributed by atoms with E-state index in [9.17, 15) is 0 Å². The van der Waals surface area contributed by atoms with Gasteiger partial charge in [-0.1, -0.05) is 36.7 Å². The number of nitrogens with one attached hydrogen (secondary N) is 1. The van der Waals surface area contributed by atoms with Crippen molar-refractivity contribution in [2.75, 3.05) is 19.5 Å². The minimum Gasteiger partial charge on any atom is -0.493 e. The van der Waals surface area contributed by atoms with Crippen LogP contribution in [0.3, 0.4) is 0 Å². The monoisotopic (exact) mass is 422 g/mol. The first-order valence-corrected chi connectivity index (χ1v) is 11.3. The zero-order valence-electron chi connectivity index (χ0n) is 17.4. The van der Waals surface area contributed by atoms with Crippen molar-refractivity contribution >= 4 is 37.7 Å². The lowest BCUT2D eigenvalue weighted by Crippen LogP contribution is -2.21. The van der Waals surface area contributed by atoms with Crippen molar-refractivity contribution in [2.24, 2.45) is 0 Å². The van der Waals surface area contributed by atoms with Crippen molar-refractivity contribution in [1.29, 1.82) is 0 Å². The number of hydrogen-bond acceptors (Lipinski definition) is 6. The molecule has 1 N–H and O–H groups in total. The number of hydrogen-bond donors (Lipinski definition) is 1. The van der Waals surface area contributed by atoms with Gasteiger partial charge in [0.05, 0.1) is 41.8 Å². The molecule has 2 heterocycles. The Morgan fingerprint density at radius 2 is 1.83 bits per heavy atom. The first-order chi connectivity index (χ1) is 14.7. The molecule has 0 unspecified atom stereocenters. The van der Waals surface area contributed by atoms with Crippen LogP contribution in [0.4, 0.5) is 5.13 Å². The highest BCUT2D eigenvalue weighted by Crippen LogP contribution is 2.33. The quantitative estimate of drug-likeness (QED) is 0.447. The molecule has 0 atom stereocenters. The number of aromatic nitrogens is 3. The van der Waals surface area contributed by atoms with Crippen molar-refractivity contribution in [3.63, 3.8) is 0 Å². The molecule has 0 radical (unpaired) electrons. The van der Waals surface area contributed by atoms with Crippen LogP contribution in [0.25, 0.3) is 21.3 Å². The molecule has 5 rings (SSSR count). The molecule has 4 aromatic rings. The van der Waals surface area contributed by atoms with E-state index in [2.05, 4.69) is 33.1 Å². The molecule has 30 heavy (non-hydrogen) atoms. The molecule has 2 aromatic carbocycles. The van der Waals surface area contributed by atoms with E-state index >= 15 is 0 Å². The topological polar surface area (TPSA) is 61.2 Å². The highest BCUT2D eigenvalue weighted by atomic mass is 32.1. The molecule has 156 valence electrons. The average Bonchev–Trinajstić information content (AvgIpc) is 3.36. The second-order valence-corrected chi connectivity index (χ2v) is 8.90. The van der Waals surface area contributed by atoms with Gasteiger partial charge in [0.25, 0.3) is 0 Å². The average molecular weight is 423 g/mol. The fraction of sp³-hybridized carbons (Fsp3) is 0.391. The summed E-state index contributed by atoms with van der Waals surface area (Å²) in [6, 6.07) is 11.0. The molecule has 0 aliphatic heterocycles. The van der Waals surface area contributed by atoms with Crippen LogP contribution in [0.5, 0.6) is 11.5 Å². The minimum absolute atomic E-state index is 0.572. The highest BCUT2D eigenvalue weighted by molar-refractivity contribution is 7.22. The van der Waals surface area contributed by atoms with Crippen molar-refractivity contribution < 1.29 is 9.47 Å². The maximum atomic E-state index is 5.46. The number of rotatable bonds is 6. The molecular formula is C23H26N4O2S. The van der Waals surface area contributed by atoms with Gasteiger partial charge >= 0.3 is 0 Å². The third-order valence-corrected chi connectivity index (χ3v) is 6.81. The summed E-state index contributed by atoms with van der Waals surface area (Å²) < 4.78 is 14.2. The number of benzene rings is 2. The molecule has 1 fully saturated rings. The number of ether oxygens (including phenoxy) is 2. The van der Waals surface area contributed by atoms with E-state index in [0.29, 0.717) is 17.5 Å². The Morgan fingerprint density at radius 3 is 2.63 bits per heavy atom. The second kappa shape index (κ2) is 8.14. The lowest BCUT2D eigenvalue weighted by molar-refractivity contribution is 0.355. The Balaban J connectivity index is 1.40. The molecule has 1 aliphatic rings. The number of thiazole rings is 1. The Kier molecular flexibility index (Phi) is 5.21. The molecule has 0 bridgehead atoms. The number of nitrogens with zero attached hydrogens (tertiary/aromatic N) is 3. The molecule has 2 aromatic heterocycles. The van der Waals surface area contributed by atoms with Crippen molar-refractivity contribution in [3.8, 4) is 11.5 Å². The standard InChI is InChI=1S/C23H26N4O2S/c1-28-20-11-18-19(12-21(20)29-2)27(14-24-18)13-15-8-9-17-22(10-15)30-23(26-17)25-16-6-4-3-5-7-16/h8-12,14,16H,3-7,13H2,1-2H3,(H,25,26). The van der Waals surface area contributed by atoms with Crippen LogP contribution in [-0.2, 0) is 6.54 Å². The van der Waals surface area contributed by atoms with Gasteiger partial charge in [0, 0.05) is 24.7 Å². The van der Waals surface area contributed by atoms with E-state index < -0.39 is 0 Å². The van der Waals surface area contributed by atoms with Gasteiger partial charge in [0.2, 0.25) is 0 Å². The molecule has 7 heteroatoms. The molecule has 1 aliphatic carbocycles. The van der Waals surface area contributed by atoms with E-state index in [4.69, 9.17) is 14.5 Å². The van der Waals surface area contributed by atoms with Gasteiger partial charge in [-0.3, -0.25) is 0 Å². The molecule has 1 saturated carbocycles. The number of anilines is 1. The largest absolute Gasteiger partial charge is 0.493 e. The Bertz CT molecular complexity index is 1180. The van der Waals surface area contributed by atoms with Crippen LogP contribution < -0.4 is 14.8 Å². The van der Waals surface area contributed by atoms with Crippen LogP contribution >= 0.6 is 11.3 Å². The molecule has 0 saturated heterocycles. The predicted molar refractivity (Wildman–Crippen MR) is 122 cm³/mol. The van der Waals surface area contributed by atoms with Gasteiger partial charge in [0.1, 0.15) is 0 Å². The SMILES string of the molecule is COc1cc2ncn(Cc3ccc4nc(NC5CCCCC5)sc4c3)c2cc1OC. The zero-order chi connectivity index (χ0) is 20.5. The van der Waals surface area contributed by atoms with Crippen LogP contribution in [0.2, 0.25) is 0 Å². The van der Waals surface area contributed by atoms with Gasteiger partial charge in [-0.25, -0.2) is 9.97 Å². The lowest BCUT2D eigenvalue weighted by atomic mass is 9.96. The summed E-state index contributed by atoms with van der Waals surface area (Å²) in [5.41, 5.74) is 4.20. The summed E-state index contributed by atoms with van der Waals surface area (Å²) in [7, 11) is 3.30. The zero-order valence-corrected chi connectivity index (χ0v) is 18.2. The third-order valence-electron chi connectivity index (χ3n) is 5.86. The van der Waals surface area contributed by atoms with Gasteiger partial charge in [-0.15, -0.1) is 0 Å². The summed E-state index contributed by atoms with van der Waals surface area (Å²) >= 11 is 1.75. The molecule has 0 spiro atoms. The fourth-order valence-electron chi connectivity index (χ4n) is 4.26. The van der Waals surface area contributed by atoms with Crippen molar-refractivity contribution in [1.82, 2.24) is 14.5 Å². The maximum absolute atomic E-state index is 5.46. The Morgan fingerprint density at radius 1 is 1.03 bits per heavy atom. The highest BCUT2D eigenvalue weighted by Gasteiger charge is 2.15. The lowest BCUT2D eigenvalue weighted by Gasteiger charge is -2.22. The summed E-state index contributed by atoms with van der Waals surface area (Å²) in [6.45, 7) is 0.741. The van der Waals surface area contributed by atoms with E-state index in [1.165, 1.54) is 42.4 Å². The first-order valence-electron chi connectivity index (χ1n) is 10.5. The minimum atomic E-state index is 0.572. The van der Waals surface area contributed by atoms with Crippen molar-refractivity contribution in [3.05, 3.63) is 42.2 Å².